The second-order valence-corrected chi connectivity index (χ2v) is 6.70. The third-order valence-corrected chi connectivity index (χ3v) is 5.16. The third-order valence-electron chi connectivity index (χ3n) is 3.05. The molecule has 7 heteroatoms. The molecular formula is C14H15ClN2O3S. The third kappa shape index (κ3) is 2.91. The minimum atomic E-state index is -3.75. The molecule has 0 aliphatic rings. The van der Waals surface area contributed by atoms with Gasteiger partial charge in [0.25, 0.3) is 10.0 Å². The van der Waals surface area contributed by atoms with Gasteiger partial charge in [0.2, 0.25) is 0 Å². The zero-order valence-electron chi connectivity index (χ0n) is 11.6. The topological polar surface area (TPSA) is 72.6 Å². The predicted molar refractivity (Wildman–Crippen MR) is 84.4 cm³/mol. The normalized spacial score (nSPS) is 11.2. The van der Waals surface area contributed by atoms with E-state index >= 15 is 0 Å². The number of methoxy groups -OCH3 is 1. The molecule has 2 aromatic carbocycles. The van der Waals surface area contributed by atoms with E-state index in [0.717, 1.165) is 4.31 Å². The van der Waals surface area contributed by atoms with E-state index in [4.69, 9.17) is 22.1 Å². The smallest absolute Gasteiger partial charge is 0.264 e. The number of nitrogen functional groups attached to an aromatic ring is 1. The van der Waals surface area contributed by atoms with Crippen molar-refractivity contribution < 1.29 is 13.2 Å². The second-order valence-electron chi connectivity index (χ2n) is 4.33. The fourth-order valence-corrected chi connectivity index (χ4v) is 3.22. The number of nitrogens with zero attached hydrogens (tertiary/aromatic N) is 1. The standard InChI is InChI=1S/C14H15ClN2O3S/c1-17(13-5-3-4-6-14(13)20-2)21(18,19)10-7-8-11(15)12(16)9-10/h3-9H,16H2,1-2H3. The van der Waals surface area contributed by atoms with Crippen LogP contribution in [0.1, 0.15) is 0 Å². The van der Waals surface area contributed by atoms with E-state index in [1.807, 2.05) is 0 Å². The van der Waals surface area contributed by atoms with Gasteiger partial charge in [0, 0.05) is 7.05 Å². The maximum Gasteiger partial charge on any atom is 0.264 e. The van der Waals surface area contributed by atoms with Crippen LogP contribution in [0.3, 0.4) is 0 Å². The van der Waals surface area contributed by atoms with Crippen molar-refractivity contribution in [1.82, 2.24) is 0 Å². The Morgan fingerprint density at radius 3 is 2.48 bits per heavy atom. The molecule has 21 heavy (non-hydrogen) atoms. The highest BCUT2D eigenvalue weighted by Gasteiger charge is 2.24. The molecule has 5 nitrogen and oxygen atoms in total. The molecular weight excluding hydrogens is 312 g/mol. The summed E-state index contributed by atoms with van der Waals surface area (Å²) in [6, 6.07) is 11.1. The van der Waals surface area contributed by atoms with Gasteiger partial charge in [-0.05, 0) is 30.3 Å². The summed E-state index contributed by atoms with van der Waals surface area (Å²) in [6.07, 6.45) is 0. The minimum Gasteiger partial charge on any atom is -0.495 e. The van der Waals surface area contributed by atoms with E-state index in [1.165, 1.54) is 32.4 Å². The second kappa shape index (κ2) is 5.83. The number of hydrogen-bond donors (Lipinski definition) is 1. The molecule has 0 atom stereocenters. The largest absolute Gasteiger partial charge is 0.495 e. The summed E-state index contributed by atoms with van der Waals surface area (Å²) in [5, 5.41) is 0.314. The Balaban J connectivity index is 2.50. The summed E-state index contributed by atoms with van der Waals surface area (Å²) < 4.78 is 31.6. The summed E-state index contributed by atoms with van der Waals surface area (Å²) in [7, 11) is -0.807. The number of benzene rings is 2. The van der Waals surface area contributed by atoms with Crippen molar-refractivity contribution in [3.63, 3.8) is 0 Å². The van der Waals surface area contributed by atoms with Crippen molar-refractivity contribution in [2.24, 2.45) is 0 Å². The summed E-state index contributed by atoms with van der Waals surface area (Å²) in [4.78, 5) is 0.0674. The van der Waals surface area contributed by atoms with Gasteiger partial charge in [0.15, 0.2) is 0 Å². The summed E-state index contributed by atoms with van der Waals surface area (Å²) >= 11 is 5.82. The SMILES string of the molecule is COc1ccccc1N(C)S(=O)(=O)c1ccc(Cl)c(N)c1. The van der Waals surface area contributed by atoms with Crippen LogP contribution in [-0.2, 0) is 10.0 Å². The summed E-state index contributed by atoms with van der Waals surface area (Å²) in [6.45, 7) is 0. The van der Waals surface area contributed by atoms with Gasteiger partial charge in [0.05, 0.1) is 28.4 Å². The van der Waals surface area contributed by atoms with Crippen molar-refractivity contribution in [1.29, 1.82) is 0 Å². The van der Waals surface area contributed by atoms with Crippen LogP contribution in [0, 0.1) is 0 Å². The molecule has 112 valence electrons. The van der Waals surface area contributed by atoms with Gasteiger partial charge >= 0.3 is 0 Å². The van der Waals surface area contributed by atoms with Gasteiger partial charge in [-0.3, -0.25) is 4.31 Å². The number of halogens is 1. The maximum absolute atomic E-state index is 12.6. The highest BCUT2D eigenvalue weighted by Crippen LogP contribution is 2.32. The molecule has 0 saturated heterocycles. The Morgan fingerprint density at radius 2 is 1.86 bits per heavy atom. The predicted octanol–water partition coefficient (Wildman–Crippen LogP) is 2.76. The van der Waals surface area contributed by atoms with Gasteiger partial charge in [-0.2, -0.15) is 0 Å². The lowest BCUT2D eigenvalue weighted by molar-refractivity contribution is 0.416. The molecule has 2 rings (SSSR count). The average Bonchev–Trinajstić information content (AvgIpc) is 2.49. The minimum absolute atomic E-state index is 0.0674. The number of nitrogens with two attached hydrogens (primary N) is 1. The number of rotatable bonds is 4. The molecule has 0 fully saturated rings. The Morgan fingerprint density at radius 1 is 1.19 bits per heavy atom. The van der Waals surface area contributed by atoms with Gasteiger partial charge in [-0.15, -0.1) is 0 Å². The first-order chi connectivity index (χ1) is 9.87. The van der Waals surface area contributed by atoms with E-state index in [2.05, 4.69) is 0 Å². The van der Waals surface area contributed by atoms with E-state index in [1.54, 1.807) is 24.3 Å². The summed E-state index contributed by atoms with van der Waals surface area (Å²) in [5.41, 5.74) is 6.33. The van der Waals surface area contributed by atoms with Crippen LogP contribution in [0.25, 0.3) is 0 Å². The molecule has 2 aromatic rings. The molecule has 0 aromatic heterocycles. The molecule has 0 aliphatic carbocycles. The van der Waals surface area contributed by atoms with Crippen LogP contribution >= 0.6 is 11.6 Å². The lowest BCUT2D eigenvalue weighted by atomic mass is 10.3. The first kappa shape index (κ1) is 15.5. The average molecular weight is 327 g/mol. The fraction of sp³-hybridized carbons (Fsp3) is 0.143. The Hall–Kier alpha value is -1.92. The molecule has 2 N–H and O–H groups in total. The molecule has 0 bridgehead atoms. The van der Waals surface area contributed by atoms with Crippen LogP contribution in [0.15, 0.2) is 47.4 Å². The van der Waals surface area contributed by atoms with E-state index in [9.17, 15) is 8.42 Å². The monoisotopic (exact) mass is 326 g/mol. The van der Waals surface area contributed by atoms with Crippen LogP contribution < -0.4 is 14.8 Å². The van der Waals surface area contributed by atoms with Gasteiger partial charge in [0.1, 0.15) is 5.75 Å². The van der Waals surface area contributed by atoms with Crippen molar-refractivity contribution >= 4 is 33.0 Å². The number of anilines is 2. The van der Waals surface area contributed by atoms with Crippen molar-refractivity contribution in [3.05, 3.63) is 47.5 Å². The van der Waals surface area contributed by atoms with Gasteiger partial charge in [-0.1, -0.05) is 23.7 Å². The zero-order chi connectivity index (χ0) is 15.6. The lowest BCUT2D eigenvalue weighted by Crippen LogP contribution is -2.27. The Labute approximate surface area is 128 Å². The van der Waals surface area contributed by atoms with Crippen LogP contribution in [0.5, 0.6) is 5.75 Å². The van der Waals surface area contributed by atoms with Crippen LogP contribution in [-0.4, -0.2) is 22.6 Å². The van der Waals surface area contributed by atoms with E-state index < -0.39 is 10.0 Å². The summed E-state index contributed by atoms with van der Waals surface area (Å²) in [5.74, 6) is 0.463. The molecule has 0 spiro atoms. The zero-order valence-corrected chi connectivity index (χ0v) is 13.1. The first-order valence-corrected chi connectivity index (χ1v) is 7.86. The number of sulfonamides is 1. The molecule has 0 amide bonds. The Bertz CT molecular complexity index is 763. The van der Waals surface area contributed by atoms with Gasteiger partial charge in [-0.25, -0.2) is 8.42 Å². The van der Waals surface area contributed by atoms with Crippen molar-refractivity contribution in [2.75, 3.05) is 24.2 Å². The molecule has 0 unspecified atom stereocenters. The van der Waals surface area contributed by atoms with E-state index in [-0.39, 0.29) is 10.6 Å². The molecule has 0 heterocycles. The van der Waals surface area contributed by atoms with Crippen molar-refractivity contribution in [3.8, 4) is 5.75 Å². The molecule has 0 radical (unpaired) electrons. The van der Waals surface area contributed by atoms with Crippen LogP contribution in [0.2, 0.25) is 5.02 Å². The maximum atomic E-state index is 12.6. The highest BCUT2D eigenvalue weighted by atomic mass is 35.5. The van der Waals surface area contributed by atoms with E-state index in [0.29, 0.717) is 16.5 Å². The molecule has 0 aliphatic heterocycles. The van der Waals surface area contributed by atoms with Crippen molar-refractivity contribution in [2.45, 2.75) is 4.90 Å². The number of ether oxygens (including phenoxy) is 1. The fourth-order valence-electron chi connectivity index (χ4n) is 1.86. The first-order valence-electron chi connectivity index (χ1n) is 6.05. The lowest BCUT2D eigenvalue weighted by Gasteiger charge is -2.21. The Kier molecular flexibility index (Phi) is 4.29. The number of para-hydroxylation sites is 2. The number of hydrogen-bond acceptors (Lipinski definition) is 4. The quantitative estimate of drug-likeness (QED) is 0.877. The van der Waals surface area contributed by atoms with Gasteiger partial charge < -0.3 is 10.5 Å². The highest BCUT2D eigenvalue weighted by molar-refractivity contribution is 7.92. The van der Waals surface area contributed by atoms with Crippen LogP contribution in [0.4, 0.5) is 11.4 Å². The molecule has 0 saturated carbocycles.